The van der Waals surface area contributed by atoms with Gasteiger partial charge in [-0.15, -0.1) is 0 Å². The molecule has 0 aromatic heterocycles. The Kier molecular flexibility index (Phi) is 2.96. The molecular formula is C12H13BrFNO2. The quantitative estimate of drug-likeness (QED) is 0.864. The van der Waals surface area contributed by atoms with Gasteiger partial charge < -0.3 is 14.8 Å². The van der Waals surface area contributed by atoms with Gasteiger partial charge in [0.15, 0.2) is 11.5 Å². The van der Waals surface area contributed by atoms with Crippen molar-refractivity contribution in [2.24, 2.45) is 0 Å². The van der Waals surface area contributed by atoms with Crippen molar-refractivity contribution < 1.29 is 13.9 Å². The Morgan fingerprint density at radius 3 is 2.94 bits per heavy atom. The Morgan fingerprint density at radius 1 is 1.35 bits per heavy atom. The zero-order valence-electron chi connectivity index (χ0n) is 9.26. The first-order valence-electron chi connectivity index (χ1n) is 5.75. The van der Waals surface area contributed by atoms with E-state index >= 15 is 0 Å². The number of halogens is 2. The molecule has 92 valence electrons. The number of rotatable bonds is 1. The van der Waals surface area contributed by atoms with Crippen molar-refractivity contribution in [1.82, 2.24) is 5.32 Å². The molecule has 1 saturated heterocycles. The lowest BCUT2D eigenvalue weighted by Gasteiger charge is -2.23. The molecule has 0 amide bonds. The van der Waals surface area contributed by atoms with Gasteiger partial charge in [-0.05, 0) is 28.9 Å². The molecule has 1 fully saturated rings. The van der Waals surface area contributed by atoms with Gasteiger partial charge in [0.1, 0.15) is 19.0 Å². The largest absolute Gasteiger partial charge is 0.486 e. The average molecular weight is 302 g/mol. The van der Waals surface area contributed by atoms with Crippen molar-refractivity contribution in [1.29, 1.82) is 0 Å². The summed E-state index contributed by atoms with van der Waals surface area (Å²) in [5.74, 6) is 1.13. The highest BCUT2D eigenvalue weighted by Crippen LogP contribution is 2.44. The summed E-state index contributed by atoms with van der Waals surface area (Å²) < 4.78 is 25.7. The van der Waals surface area contributed by atoms with Gasteiger partial charge in [0, 0.05) is 24.1 Å². The lowest BCUT2D eigenvalue weighted by atomic mass is 9.97. The van der Waals surface area contributed by atoms with E-state index in [0.717, 1.165) is 19.5 Å². The summed E-state index contributed by atoms with van der Waals surface area (Å²) in [5.41, 5.74) is 0.708. The van der Waals surface area contributed by atoms with E-state index in [0.29, 0.717) is 34.7 Å². The number of fused-ring (bicyclic) bond motifs is 1. The van der Waals surface area contributed by atoms with Crippen molar-refractivity contribution in [3.63, 3.8) is 0 Å². The Morgan fingerprint density at radius 2 is 2.18 bits per heavy atom. The Hall–Kier alpha value is -0.810. The summed E-state index contributed by atoms with van der Waals surface area (Å²) >= 11 is 3.46. The van der Waals surface area contributed by atoms with Gasteiger partial charge in [-0.2, -0.15) is 0 Å². The first kappa shape index (κ1) is 11.3. The van der Waals surface area contributed by atoms with Crippen LogP contribution < -0.4 is 14.8 Å². The van der Waals surface area contributed by atoms with Crippen molar-refractivity contribution in [2.45, 2.75) is 12.3 Å². The monoisotopic (exact) mass is 301 g/mol. The van der Waals surface area contributed by atoms with Crippen molar-refractivity contribution in [3.05, 3.63) is 21.9 Å². The van der Waals surface area contributed by atoms with Crippen molar-refractivity contribution in [2.75, 3.05) is 26.3 Å². The van der Waals surface area contributed by atoms with Crippen LogP contribution in [0.5, 0.6) is 11.5 Å². The summed E-state index contributed by atoms with van der Waals surface area (Å²) in [5, 5.41) is 3.25. The maximum Gasteiger partial charge on any atom is 0.176 e. The molecule has 2 aliphatic rings. The Balaban J connectivity index is 2.08. The molecule has 0 bridgehead atoms. The second-order valence-electron chi connectivity index (χ2n) is 4.30. The minimum absolute atomic E-state index is 0.209. The fourth-order valence-electron chi connectivity index (χ4n) is 2.41. The van der Waals surface area contributed by atoms with Crippen molar-refractivity contribution in [3.8, 4) is 11.5 Å². The average Bonchev–Trinajstić information content (AvgIpc) is 2.83. The van der Waals surface area contributed by atoms with Crippen LogP contribution >= 0.6 is 15.9 Å². The Bertz CT molecular complexity index is 447. The van der Waals surface area contributed by atoms with Crippen LogP contribution in [0.3, 0.4) is 0 Å². The standard InChI is InChI=1S/C12H13BrFNO2/c13-11-10(7-1-2-15-6-7)8(14)5-9-12(11)17-4-3-16-9/h5,7,15H,1-4,6H2. The van der Waals surface area contributed by atoms with Gasteiger partial charge in [0.25, 0.3) is 0 Å². The molecule has 0 saturated carbocycles. The normalized spacial score (nSPS) is 22.8. The second-order valence-corrected chi connectivity index (χ2v) is 5.09. The molecular weight excluding hydrogens is 289 g/mol. The first-order valence-corrected chi connectivity index (χ1v) is 6.55. The highest BCUT2D eigenvalue weighted by molar-refractivity contribution is 9.10. The third-order valence-electron chi connectivity index (χ3n) is 3.23. The SMILES string of the molecule is Fc1cc2c(c(Br)c1C1CCNC1)OCCO2. The number of hydrogen-bond acceptors (Lipinski definition) is 3. The van der Waals surface area contributed by atoms with Crippen LogP contribution in [0, 0.1) is 5.82 Å². The van der Waals surface area contributed by atoms with Gasteiger partial charge >= 0.3 is 0 Å². The van der Waals surface area contributed by atoms with Crippen LogP contribution in [0.15, 0.2) is 10.5 Å². The van der Waals surface area contributed by atoms with Gasteiger partial charge in [-0.3, -0.25) is 0 Å². The zero-order chi connectivity index (χ0) is 11.8. The summed E-state index contributed by atoms with van der Waals surface area (Å²) in [6.45, 7) is 2.74. The van der Waals surface area contributed by atoms with E-state index in [-0.39, 0.29) is 11.7 Å². The maximum absolute atomic E-state index is 14.1. The highest BCUT2D eigenvalue weighted by atomic mass is 79.9. The van der Waals surface area contributed by atoms with E-state index in [9.17, 15) is 4.39 Å². The predicted octanol–water partition coefficient (Wildman–Crippen LogP) is 2.44. The van der Waals surface area contributed by atoms with E-state index in [4.69, 9.17) is 9.47 Å². The summed E-state index contributed by atoms with van der Waals surface area (Å²) in [4.78, 5) is 0. The third kappa shape index (κ3) is 1.91. The van der Waals surface area contributed by atoms with Crippen LogP contribution in [0.25, 0.3) is 0 Å². The third-order valence-corrected chi connectivity index (χ3v) is 4.02. The fourth-order valence-corrected chi connectivity index (χ4v) is 3.23. The molecule has 0 aliphatic carbocycles. The fraction of sp³-hybridized carbons (Fsp3) is 0.500. The molecule has 1 aromatic carbocycles. The van der Waals surface area contributed by atoms with Gasteiger partial charge in [-0.1, -0.05) is 0 Å². The van der Waals surface area contributed by atoms with Crippen LogP contribution in [0.1, 0.15) is 17.9 Å². The highest BCUT2D eigenvalue weighted by Gasteiger charge is 2.28. The van der Waals surface area contributed by atoms with Crippen LogP contribution in [0.4, 0.5) is 4.39 Å². The molecule has 1 N–H and O–H groups in total. The topological polar surface area (TPSA) is 30.5 Å². The lowest BCUT2D eigenvalue weighted by Crippen LogP contribution is -2.17. The molecule has 2 heterocycles. The zero-order valence-corrected chi connectivity index (χ0v) is 10.8. The first-order chi connectivity index (χ1) is 8.27. The number of benzene rings is 1. The molecule has 1 unspecified atom stereocenters. The number of hydrogen-bond donors (Lipinski definition) is 1. The van der Waals surface area contributed by atoms with Gasteiger partial charge in [0.2, 0.25) is 0 Å². The smallest absolute Gasteiger partial charge is 0.176 e. The second kappa shape index (κ2) is 4.46. The predicted molar refractivity (Wildman–Crippen MR) is 65.3 cm³/mol. The molecule has 0 radical (unpaired) electrons. The Labute approximate surface area is 107 Å². The minimum Gasteiger partial charge on any atom is -0.486 e. The molecule has 3 nitrogen and oxygen atoms in total. The van der Waals surface area contributed by atoms with Crippen LogP contribution in [-0.2, 0) is 0 Å². The molecule has 5 heteroatoms. The lowest BCUT2D eigenvalue weighted by molar-refractivity contribution is 0.169. The van der Waals surface area contributed by atoms with E-state index in [1.807, 2.05) is 0 Å². The molecule has 17 heavy (non-hydrogen) atoms. The molecule has 3 rings (SSSR count). The summed E-state index contributed by atoms with van der Waals surface area (Å²) in [6, 6.07) is 1.44. The van der Waals surface area contributed by atoms with E-state index in [1.165, 1.54) is 6.07 Å². The van der Waals surface area contributed by atoms with Gasteiger partial charge in [-0.25, -0.2) is 4.39 Å². The van der Waals surface area contributed by atoms with Crippen LogP contribution in [0.2, 0.25) is 0 Å². The molecule has 0 spiro atoms. The van der Waals surface area contributed by atoms with E-state index in [2.05, 4.69) is 21.2 Å². The maximum atomic E-state index is 14.1. The molecule has 1 atom stereocenters. The molecule has 1 aromatic rings. The summed E-state index contributed by atoms with van der Waals surface area (Å²) in [7, 11) is 0. The van der Waals surface area contributed by atoms with Crippen molar-refractivity contribution >= 4 is 15.9 Å². The van der Waals surface area contributed by atoms with Gasteiger partial charge in [0.05, 0.1) is 4.47 Å². The van der Waals surface area contributed by atoms with E-state index < -0.39 is 0 Å². The summed E-state index contributed by atoms with van der Waals surface area (Å²) in [6.07, 6.45) is 0.954. The minimum atomic E-state index is -0.213. The number of nitrogens with one attached hydrogen (secondary N) is 1. The molecule has 2 aliphatic heterocycles. The number of ether oxygens (including phenoxy) is 2. The van der Waals surface area contributed by atoms with Crippen LogP contribution in [-0.4, -0.2) is 26.3 Å². The van der Waals surface area contributed by atoms with E-state index in [1.54, 1.807) is 0 Å².